The molecule has 0 amide bonds. The fourth-order valence-corrected chi connectivity index (χ4v) is 0.983. The van der Waals surface area contributed by atoms with E-state index in [1.807, 2.05) is 0 Å². The fourth-order valence-electron chi connectivity index (χ4n) is 0.983. The summed E-state index contributed by atoms with van der Waals surface area (Å²) >= 11 is 0. The lowest BCUT2D eigenvalue weighted by atomic mass is 10.1. The molecular weight excluding hydrogens is 192 g/mol. The molecule has 0 saturated carbocycles. The number of guanidine groups is 1. The number of hydrogen-bond donors (Lipinski definition) is 3. The van der Waals surface area contributed by atoms with Crippen LogP contribution in [0.1, 0.15) is 19.8 Å². The first kappa shape index (κ1) is 12.1. The minimum Gasteiger partial charge on any atom is -0.474 e. The van der Waals surface area contributed by atoms with Crippen LogP contribution in [0.4, 0.5) is 0 Å². The number of aliphatic carboxylic acids is 1. The van der Waals surface area contributed by atoms with Gasteiger partial charge < -0.3 is 16.6 Å². The van der Waals surface area contributed by atoms with Crippen LogP contribution in [0.5, 0.6) is 0 Å². The average Bonchev–Trinajstić information content (AvgIpc) is 2.01. The average molecular weight is 204 g/mol. The van der Waals surface area contributed by atoms with Gasteiger partial charge in [0.1, 0.15) is 0 Å². The highest BCUT2D eigenvalue weighted by Crippen LogP contribution is 2.19. The quantitative estimate of drug-likeness (QED) is 0.229. The van der Waals surface area contributed by atoms with Crippen molar-refractivity contribution >= 4 is 11.9 Å². The molecule has 14 heavy (non-hydrogen) atoms. The molecule has 1 atom stereocenters. The monoisotopic (exact) mass is 204 g/mol. The molecule has 0 aliphatic rings. The van der Waals surface area contributed by atoms with Crippen LogP contribution in [-0.4, -0.2) is 27.6 Å². The third-order valence-electron chi connectivity index (χ3n) is 1.56. The highest BCUT2D eigenvalue weighted by Gasteiger charge is 2.51. The standard InChI is InChI=1S/C6H12N4O4/c1-2-3-6(4(11)12,10(13)14)9-5(7)8/h2-3H2,1H3,(H,11,12)(H4,7,8,9). The van der Waals surface area contributed by atoms with Crippen molar-refractivity contribution in [1.82, 2.24) is 0 Å². The summed E-state index contributed by atoms with van der Waals surface area (Å²) in [5, 5.41) is 19.3. The van der Waals surface area contributed by atoms with Crippen LogP contribution < -0.4 is 11.5 Å². The molecule has 80 valence electrons. The zero-order chi connectivity index (χ0) is 11.4. The number of nitro groups is 1. The minimum absolute atomic E-state index is 0.257. The van der Waals surface area contributed by atoms with Gasteiger partial charge in [-0.3, -0.25) is 10.1 Å². The summed E-state index contributed by atoms with van der Waals surface area (Å²) in [6, 6.07) is 0. The van der Waals surface area contributed by atoms with E-state index in [1.54, 1.807) is 6.92 Å². The Morgan fingerprint density at radius 1 is 1.64 bits per heavy atom. The third kappa shape index (κ3) is 2.31. The van der Waals surface area contributed by atoms with E-state index in [2.05, 4.69) is 4.99 Å². The number of nitrogens with zero attached hydrogens (tertiary/aromatic N) is 2. The molecule has 8 heteroatoms. The second kappa shape index (κ2) is 4.40. The highest BCUT2D eigenvalue weighted by molar-refractivity contribution is 5.83. The van der Waals surface area contributed by atoms with Gasteiger partial charge in [0, 0.05) is 0 Å². The number of carbonyl (C=O) groups is 1. The predicted molar refractivity (Wildman–Crippen MR) is 48.1 cm³/mol. The normalized spacial score (nSPS) is 14.1. The van der Waals surface area contributed by atoms with Crippen molar-refractivity contribution < 1.29 is 14.8 Å². The first-order valence-electron chi connectivity index (χ1n) is 3.85. The molecule has 5 N–H and O–H groups in total. The lowest BCUT2D eigenvalue weighted by Crippen LogP contribution is -2.47. The molecule has 0 aliphatic carbocycles. The van der Waals surface area contributed by atoms with Gasteiger partial charge in [0.25, 0.3) is 0 Å². The molecule has 0 aromatic rings. The summed E-state index contributed by atoms with van der Waals surface area (Å²) < 4.78 is 0. The number of rotatable bonds is 5. The van der Waals surface area contributed by atoms with E-state index < -0.39 is 22.5 Å². The van der Waals surface area contributed by atoms with Crippen molar-refractivity contribution in [2.24, 2.45) is 16.5 Å². The summed E-state index contributed by atoms with van der Waals surface area (Å²) in [5.41, 5.74) is 7.44. The summed E-state index contributed by atoms with van der Waals surface area (Å²) in [7, 11) is 0. The Balaban J connectivity index is 5.27. The number of nitrogens with two attached hydrogens (primary N) is 2. The summed E-state index contributed by atoms with van der Waals surface area (Å²) in [6.07, 6.45) is 0.0251. The van der Waals surface area contributed by atoms with Gasteiger partial charge in [-0.05, 0) is 6.42 Å². The zero-order valence-corrected chi connectivity index (χ0v) is 7.64. The number of aliphatic imine (C=N–C) groups is 1. The van der Waals surface area contributed by atoms with Gasteiger partial charge in [0.2, 0.25) is 0 Å². The molecule has 0 heterocycles. The second-order valence-electron chi connectivity index (χ2n) is 2.67. The van der Waals surface area contributed by atoms with E-state index in [-0.39, 0.29) is 12.8 Å². The van der Waals surface area contributed by atoms with E-state index in [4.69, 9.17) is 16.6 Å². The molecule has 0 rings (SSSR count). The topological polar surface area (TPSA) is 145 Å². The maximum absolute atomic E-state index is 10.7. The molecule has 0 fully saturated rings. The molecule has 0 bridgehead atoms. The van der Waals surface area contributed by atoms with Gasteiger partial charge in [-0.2, -0.15) is 4.99 Å². The van der Waals surface area contributed by atoms with Crippen LogP contribution in [0.3, 0.4) is 0 Å². The third-order valence-corrected chi connectivity index (χ3v) is 1.56. The Kier molecular flexibility index (Phi) is 3.81. The first-order chi connectivity index (χ1) is 6.36. The Morgan fingerprint density at radius 2 is 2.14 bits per heavy atom. The van der Waals surface area contributed by atoms with Gasteiger partial charge in [-0.15, -0.1) is 0 Å². The van der Waals surface area contributed by atoms with Crippen molar-refractivity contribution in [2.45, 2.75) is 25.4 Å². The van der Waals surface area contributed by atoms with E-state index in [9.17, 15) is 14.9 Å². The van der Waals surface area contributed by atoms with Crippen molar-refractivity contribution in [3.63, 3.8) is 0 Å². The van der Waals surface area contributed by atoms with Crippen LogP contribution >= 0.6 is 0 Å². The van der Waals surface area contributed by atoms with Gasteiger partial charge >= 0.3 is 11.6 Å². The summed E-state index contributed by atoms with van der Waals surface area (Å²) in [6.45, 7) is 1.60. The molecule has 0 aromatic heterocycles. The number of hydrogen-bond acceptors (Lipinski definition) is 4. The van der Waals surface area contributed by atoms with Crippen LogP contribution in [-0.2, 0) is 4.79 Å². The van der Waals surface area contributed by atoms with E-state index in [0.717, 1.165) is 0 Å². The summed E-state index contributed by atoms with van der Waals surface area (Å²) in [4.78, 5) is 23.5. The van der Waals surface area contributed by atoms with Crippen molar-refractivity contribution in [3.05, 3.63) is 10.1 Å². The second-order valence-corrected chi connectivity index (χ2v) is 2.67. The van der Waals surface area contributed by atoms with Crippen molar-refractivity contribution in [1.29, 1.82) is 0 Å². The Hall–Kier alpha value is -1.86. The van der Waals surface area contributed by atoms with Crippen LogP contribution in [0.25, 0.3) is 0 Å². The molecule has 0 saturated heterocycles. The minimum atomic E-state index is -2.45. The molecule has 0 radical (unpaired) electrons. The zero-order valence-electron chi connectivity index (χ0n) is 7.64. The van der Waals surface area contributed by atoms with E-state index in [0.29, 0.717) is 0 Å². The molecule has 0 spiro atoms. The predicted octanol–water partition coefficient (Wildman–Crippen LogP) is -0.882. The van der Waals surface area contributed by atoms with E-state index in [1.165, 1.54) is 0 Å². The van der Waals surface area contributed by atoms with Crippen molar-refractivity contribution in [2.75, 3.05) is 0 Å². The van der Waals surface area contributed by atoms with Gasteiger partial charge in [0.05, 0.1) is 11.3 Å². The molecular formula is C6H12N4O4. The van der Waals surface area contributed by atoms with Crippen LogP contribution in [0.2, 0.25) is 0 Å². The van der Waals surface area contributed by atoms with Crippen LogP contribution in [0.15, 0.2) is 4.99 Å². The Morgan fingerprint density at radius 3 is 2.36 bits per heavy atom. The maximum Gasteiger partial charge on any atom is 0.411 e. The lowest BCUT2D eigenvalue weighted by molar-refractivity contribution is -0.554. The number of carboxylic acids is 1. The highest BCUT2D eigenvalue weighted by atomic mass is 16.6. The van der Waals surface area contributed by atoms with E-state index >= 15 is 0 Å². The largest absolute Gasteiger partial charge is 0.474 e. The Bertz CT molecular complexity index is 257. The number of carboxylic acid groups (broad SMARTS) is 1. The van der Waals surface area contributed by atoms with Crippen LogP contribution in [0, 0.1) is 10.1 Å². The SMILES string of the molecule is CCCC(N=C(N)N)(C(=O)O)[N+](=O)[O-]. The van der Waals surface area contributed by atoms with Crippen molar-refractivity contribution in [3.8, 4) is 0 Å². The molecule has 0 aromatic carbocycles. The lowest BCUT2D eigenvalue weighted by Gasteiger charge is -2.15. The summed E-state index contributed by atoms with van der Waals surface area (Å²) in [5.74, 6) is -2.28. The molecule has 0 aliphatic heterocycles. The van der Waals surface area contributed by atoms with Gasteiger partial charge in [-0.25, -0.2) is 4.79 Å². The molecule has 1 unspecified atom stereocenters. The van der Waals surface area contributed by atoms with Gasteiger partial charge in [0.15, 0.2) is 5.96 Å². The smallest absolute Gasteiger partial charge is 0.411 e. The fraction of sp³-hybridized carbons (Fsp3) is 0.667. The first-order valence-corrected chi connectivity index (χ1v) is 3.85. The molecule has 8 nitrogen and oxygen atoms in total. The van der Waals surface area contributed by atoms with Gasteiger partial charge in [-0.1, -0.05) is 6.92 Å². The Labute approximate surface area is 79.7 Å². The maximum atomic E-state index is 10.7.